The van der Waals surface area contributed by atoms with E-state index in [0.29, 0.717) is 6.10 Å². The minimum Gasteiger partial charge on any atom is -0.371 e. The molecule has 4 aliphatic carbocycles. The number of hydrogen-bond acceptors (Lipinski definition) is 2. The molecule has 16 heavy (non-hydrogen) atoms. The first-order valence-corrected chi connectivity index (χ1v) is 7.01. The van der Waals surface area contributed by atoms with Crippen LogP contribution >= 0.6 is 0 Å². The minimum atomic E-state index is 0.283. The lowest BCUT2D eigenvalue weighted by Crippen LogP contribution is -2.53. The van der Waals surface area contributed by atoms with E-state index in [9.17, 15) is 0 Å². The van der Waals surface area contributed by atoms with Gasteiger partial charge in [0.2, 0.25) is 0 Å². The standard InChI is InChI=1S/C14H25NO/c1-10(9-15-2)16-14-6-11-3-12(7-14)5-13(4-11)8-14/h10-13,15H,3-9H2,1-2H3. The summed E-state index contributed by atoms with van der Waals surface area (Å²) in [6.07, 6.45) is 8.95. The summed E-state index contributed by atoms with van der Waals surface area (Å²) in [5.74, 6) is 2.98. The third kappa shape index (κ3) is 1.91. The van der Waals surface area contributed by atoms with Crippen LogP contribution in [0, 0.1) is 17.8 Å². The molecule has 0 aliphatic heterocycles. The van der Waals surface area contributed by atoms with E-state index in [2.05, 4.69) is 12.2 Å². The van der Waals surface area contributed by atoms with E-state index in [1.807, 2.05) is 7.05 Å². The van der Waals surface area contributed by atoms with Gasteiger partial charge in [0.25, 0.3) is 0 Å². The van der Waals surface area contributed by atoms with Crippen molar-refractivity contribution in [2.24, 2.45) is 17.8 Å². The Bertz CT molecular complexity index is 228. The van der Waals surface area contributed by atoms with Gasteiger partial charge < -0.3 is 10.1 Å². The lowest BCUT2D eigenvalue weighted by molar-refractivity contribution is -0.182. The van der Waals surface area contributed by atoms with Gasteiger partial charge in [-0.3, -0.25) is 0 Å². The summed E-state index contributed by atoms with van der Waals surface area (Å²) < 4.78 is 6.43. The van der Waals surface area contributed by atoms with Crippen molar-refractivity contribution in [3.8, 4) is 0 Å². The third-order valence-electron chi connectivity index (χ3n) is 4.92. The van der Waals surface area contributed by atoms with Gasteiger partial charge in [-0.05, 0) is 70.3 Å². The fourth-order valence-corrected chi connectivity index (χ4v) is 4.93. The topological polar surface area (TPSA) is 21.3 Å². The number of hydrogen-bond donors (Lipinski definition) is 1. The van der Waals surface area contributed by atoms with E-state index in [1.54, 1.807) is 0 Å². The molecule has 4 rings (SSSR count). The van der Waals surface area contributed by atoms with Gasteiger partial charge in [-0.25, -0.2) is 0 Å². The molecule has 2 nitrogen and oxygen atoms in total. The summed E-state index contributed by atoms with van der Waals surface area (Å²) in [7, 11) is 2.01. The molecule has 92 valence electrons. The molecule has 0 spiro atoms. The van der Waals surface area contributed by atoms with E-state index < -0.39 is 0 Å². The highest BCUT2D eigenvalue weighted by Gasteiger charge is 2.52. The molecule has 0 amide bonds. The molecule has 0 aromatic carbocycles. The van der Waals surface area contributed by atoms with Crippen molar-refractivity contribution in [3.05, 3.63) is 0 Å². The average Bonchev–Trinajstić information content (AvgIpc) is 2.13. The molecular weight excluding hydrogens is 198 g/mol. The largest absolute Gasteiger partial charge is 0.371 e. The molecule has 0 aromatic rings. The maximum absolute atomic E-state index is 6.43. The lowest BCUT2D eigenvalue weighted by atomic mass is 9.54. The molecule has 1 unspecified atom stereocenters. The molecule has 1 atom stereocenters. The molecule has 4 aliphatic rings. The molecule has 0 heterocycles. The van der Waals surface area contributed by atoms with Gasteiger partial charge in [0, 0.05) is 6.54 Å². The van der Waals surface area contributed by atoms with E-state index >= 15 is 0 Å². The second-order valence-electron chi connectivity index (χ2n) is 6.59. The molecule has 4 saturated carbocycles. The Hall–Kier alpha value is -0.0800. The van der Waals surface area contributed by atoms with E-state index in [4.69, 9.17) is 4.74 Å². The van der Waals surface area contributed by atoms with Crippen molar-refractivity contribution >= 4 is 0 Å². The first kappa shape index (κ1) is 11.0. The Morgan fingerprint density at radius 1 is 1.12 bits per heavy atom. The molecule has 0 saturated heterocycles. The summed E-state index contributed by atoms with van der Waals surface area (Å²) in [5, 5.41) is 3.23. The Kier molecular flexibility index (Phi) is 2.75. The van der Waals surface area contributed by atoms with Crippen LogP contribution in [0.2, 0.25) is 0 Å². The highest BCUT2D eigenvalue weighted by Crippen LogP contribution is 2.57. The molecular formula is C14H25NO. The minimum absolute atomic E-state index is 0.283. The molecule has 0 radical (unpaired) electrons. The molecule has 1 N–H and O–H groups in total. The summed E-state index contributed by atoms with van der Waals surface area (Å²) in [6.45, 7) is 3.21. The molecule has 0 aromatic heterocycles. The third-order valence-corrected chi connectivity index (χ3v) is 4.92. The zero-order chi connectivity index (χ0) is 11.2. The second kappa shape index (κ2) is 3.99. The smallest absolute Gasteiger partial charge is 0.0694 e. The zero-order valence-corrected chi connectivity index (χ0v) is 10.7. The van der Waals surface area contributed by atoms with E-state index in [-0.39, 0.29) is 5.60 Å². The van der Waals surface area contributed by atoms with Gasteiger partial charge >= 0.3 is 0 Å². The fourth-order valence-electron chi connectivity index (χ4n) is 4.93. The quantitative estimate of drug-likeness (QED) is 0.791. The SMILES string of the molecule is CNCC(C)OC12CC3CC(CC(C3)C1)C2. The van der Waals surface area contributed by atoms with Crippen LogP contribution in [0.15, 0.2) is 0 Å². The molecule has 4 bridgehead atoms. The molecule has 2 heteroatoms. The van der Waals surface area contributed by atoms with Crippen LogP contribution in [0.25, 0.3) is 0 Å². The van der Waals surface area contributed by atoms with Gasteiger partial charge in [-0.1, -0.05) is 0 Å². The number of nitrogens with one attached hydrogen (secondary N) is 1. The Morgan fingerprint density at radius 3 is 2.06 bits per heavy atom. The summed E-state index contributed by atoms with van der Waals surface area (Å²) >= 11 is 0. The first-order chi connectivity index (χ1) is 7.69. The Morgan fingerprint density at radius 2 is 1.62 bits per heavy atom. The predicted molar refractivity (Wildman–Crippen MR) is 65.4 cm³/mol. The van der Waals surface area contributed by atoms with Gasteiger partial charge in [0.15, 0.2) is 0 Å². The highest BCUT2D eigenvalue weighted by atomic mass is 16.5. The van der Waals surface area contributed by atoms with E-state index in [1.165, 1.54) is 38.5 Å². The Balaban J connectivity index is 1.68. The van der Waals surface area contributed by atoms with Crippen molar-refractivity contribution < 1.29 is 4.74 Å². The first-order valence-electron chi connectivity index (χ1n) is 7.01. The van der Waals surface area contributed by atoms with Crippen molar-refractivity contribution in [3.63, 3.8) is 0 Å². The number of ether oxygens (including phenoxy) is 1. The van der Waals surface area contributed by atoms with Crippen LogP contribution in [0.1, 0.15) is 45.4 Å². The van der Waals surface area contributed by atoms with Gasteiger partial charge in [0.1, 0.15) is 0 Å². The maximum Gasteiger partial charge on any atom is 0.0694 e. The predicted octanol–water partition coefficient (Wildman–Crippen LogP) is 2.58. The van der Waals surface area contributed by atoms with Crippen LogP contribution < -0.4 is 5.32 Å². The highest BCUT2D eigenvalue weighted by molar-refractivity contribution is 5.03. The van der Waals surface area contributed by atoms with Crippen molar-refractivity contribution in [2.75, 3.05) is 13.6 Å². The van der Waals surface area contributed by atoms with Gasteiger partial charge in [0.05, 0.1) is 11.7 Å². The van der Waals surface area contributed by atoms with E-state index in [0.717, 1.165) is 24.3 Å². The summed E-state index contributed by atoms with van der Waals surface area (Å²) in [6, 6.07) is 0. The molecule has 4 fully saturated rings. The summed E-state index contributed by atoms with van der Waals surface area (Å²) in [5.41, 5.74) is 0.283. The second-order valence-corrected chi connectivity index (χ2v) is 6.59. The summed E-state index contributed by atoms with van der Waals surface area (Å²) in [4.78, 5) is 0. The number of likely N-dealkylation sites (N-methyl/N-ethyl adjacent to an activating group) is 1. The van der Waals surface area contributed by atoms with Crippen LogP contribution in [0.3, 0.4) is 0 Å². The van der Waals surface area contributed by atoms with Crippen LogP contribution in [-0.4, -0.2) is 25.3 Å². The average molecular weight is 223 g/mol. The van der Waals surface area contributed by atoms with Gasteiger partial charge in [-0.2, -0.15) is 0 Å². The van der Waals surface area contributed by atoms with Crippen LogP contribution in [-0.2, 0) is 4.74 Å². The number of rotatable bonds is 4. The maximum atomic E-state index is 6.43. The fraction of sp³-hybridized carbons (Fsp3) is 1.00. The zero-order valence-electron chi connectivity index (χ0n) is 10.7. The lowest BCUT2D eigenvalue weighted by Gasteiger charge is -2.57. The van der Waals surface area contributed by atoms with Crippen molar-refractivity contribution in [1.82, 2.24) is 5.32 Å². The Labute approximate surface area is 99.1 Å². The van der Waals surface area contributed by atoms with Gasteiger partial charge in [-0.15, -0.1) is 0 Å². The van der Waals surface area contributed by atoms with Crippen LogP contribution in [0.5, 0.6) is 0 Å². The van der Waals surface area contributed by atoms with Crippen LogP contribution in [0.4, 0.5) is 0 Å². The van der Waals surface area contributed by atoms with Crippen molar-refractivity contribution in [2.45, 2.75) is 57.2 Å². The monoisotopic (exact) mass is 223 g/mol. The normalized spacial score (nSPS) is 47.2. The van der Waals surface area contributed by atoms with Crippen molar-refractivity contribution in [1.29, 1.82) is 0 Å².